The van der Waals surface area contributed by atoms with Gasteiger partial charge in [-0.25, -0.2) is 4.99 Å². The van der Waals surface area contributed by atoms with Crippen LogP contribution in [0.15, 0.2) is 29.3 Å². The molecule has 0 amide bonds. The SMILES string of the molecule is CSCCCNC(=NCc1nnc(C)n1C)N(C)CCOc1cccc(Cl)c1.I. The summed E-state index contributed by atoms with van der Waals surface area (Å²) in [6.07, 6.45) is 3.20. The first kappa shape index (κ1) is 25.8. The quantitative estimate of drug-likeness (QED) is 0.210. The van der Waals surface area contributed by atoms with Gasteiger partial charge >= 0.3 is 0 Å². The molecule has 0 aliphatic rings. The number of benzene rings is 1. The van der Waals surface area contributed by atoms with Crippen molar-refractivity contribution in [1.29, 1.82) is 0 Å². The van der Waals surface area contributed by atoms with E-state index in [-0.39, 0.29) is 24.0 Å². The fourth-order valence-corrected chi connectivity index (χ4v) is 3.04. The highest BCUT2D eigenvalue weighted by Gasteiger charge is 2.09. The highest BCUT2D eigenvalue weighted by molar-refractivity contribution is 14.0. The van der Waals surface area contributed by atoms with E-state index < -0.39 is 0 Å². The molecule has 0 spiro atoms. The lowest BCUT2D eigenvalue weighted by atomic mass is 10.3. The number of thioether (sulfide) groups is 1. The van der Waals surface area contributed by atoms with Gasteiger partial charge in [0.1, 0.15) is 24.7 Å². The highest BCUT2D eigenvalue weighted by atomic mass is 127. The Morgan fingerprint density at radius 2 is 2.17 bits per heavy atom. The molecular formula is C19H30ClIN6OS. The van der Waals surface area contributed by atoms with Gasteiger partial charge in [0.15, 0.2) is 11.8 Å². The zero-order valence-electron chi connectivity index (χ0n) is 17.4. The Labute approximate surface area is 199 Å². The molecule has 0 aliphatic carbocycles. The van der Waals surface area contributed by atoms with E-state index in [1.165, 1.54) is 0 Å². The number of halogens is 2. The minimum Gasteiger partial charge on any atom is -0.492 e. The zero-order valence-corrected chi connectivity index (χ0v) is 21.3. The summed E-state index contributed by atoms with van der Waals surface area (Å²) in [6.45, 7) is 4.50. The van der Waals surface area contributed by atoms with Gasteiger partial charge in [-0.3, -0.25) is 0 Å². The largest absolute Gasteiger partial charge is 0.492 e. The van der Waals surface area contributed by atoms with Crippen LogP contribution in [0, 0.1) is 6.92 Å². The number of guanidine groups is 1. The highest BCUT2D eigenvalue weighted by Crippen LogP contribution is 2.16. The number of nitrogens with zero attached hydrogens (tertiary/aromatic N) is 5. The Hall–Kier alpha value is -1.20. The Bertz CT molecular complexity index is 773. The van der Waals surface area contributed by atoms with Crippen LogP contribution >= 0.6 is 47.3 Å². The first-order valence-electron chi connectivity index (χ1n) is 9.23. The van der Waals surface area contributed by atoms with Gasteiger partial charge in [-0.05, 0) is 43.6 Å². The lowest BCUT2D eigenvalue weighted by Crippen LogP contribution is -2.41. The molecule has 2 aromatic rings. The van der Waals surface area contributed by atoms with Crippen LogP contribution in [0.3, 0.4) is 0 Å². The normalized spacial score (nSPS) is 11.1. The molecule has 2 rings (SSSR count). The summed E-state index contributed by atoms with van der Waals surface area (Å²) >= 11 is 7.84. The number of aryl methyl sites for hydroxylation is 1. The average molecular weight is 553 g/mol. The predicted molar refractivity (Wildman–Crippen MR) is 133 cm³/mol. The van der Waals surface area contributed by atoms with Crippen LogP contribution in [0.2, 0.25) is 5.02 Å². The Balaban J connectivity index is 0.00000420. The van der Waals surface area contributed by atoms with Crippen molar-refractivity contribution in [1.82, 2.24) is 25.0 Å². The van der Waals surface area contributed by atoms with Crippen molar-refractivity contribution in [2.45, 2.75) is 19.9 Å². The monoisotopic (exact) mass is 552 g/mol. The predicted octanol–water partition coefficient (Wildman–Crippen LogP) is 3.60. The average Bonchev–Trinajstić information content (AvgIpc) is 2.99. The van der Waals surface area contributed by atoms with E-state index in [0.29, 0.717) is 24.7 Å². The number of aliphatic imine (C=N–C) groups is 1. The van der Waals surface area contributed by atoms with E-state index in [4.69, 9.17) is 21.3 Å². The van der Waals surface area contributed by atoms with Gasteiger partial charge < -0.3 is 19.5 Å². The van der Waals surface area contributed by atoms with Crippen LogP contribution in [0.4, 0.5) is 0 Å². The number of aromatic nitrogens is 3. The molecule has 1 N–H and O–H groups in total. The van der Waals surface area contributed by atoms with Crippen molar-refractivity contribution < 1.29 is 4.74 Å². The van der Waals surface area contributed by atoms with Gasteiger partial charge in [-0.15, -0.1) is 34.2 Å². The van der Waals surface area contributed by atoms with Crippen molar-refractivity contribution in [3.8, 4) is 5.75 Å². The number of hydrogen-bond donors (Lipinski definition) is 1. The van der Waals surface area contributed by atoms with Crippen LogP contribution < -0.4 is 10.1 Å². The first-order chi connectivity index (χ1) is 13.5. The standard InChI is InChI=1S/C19H29ClN6OS.HI/c1-15-23-24-18(26(15)3)14-22-19(21-9-6-12-28-4)25(2)10-11-27-17-8-5-7-16(20)13-17;/h5,7-8,13H,6,9-12,14H2,1-4H3,(H,21,22);1H. The molecule has 0 saturated carbocycles. The van der Waals surface area contributed by atoms with Gasteiger partial charge in [0.2, 0.25) is 0 Å². The van der Waals surface area contributed by atoms with E-state index in [0.717, 1.165) is 42.1 Å². The summed E-state index contributed by atoms with van der Waals surface area (Å²) in [5, 5.41) is 12.4. The van der Waals surface area contributed by atoms with E-state index in [1.807, 2.05) is 61.6 Å². The molecule has 0 saturated heterocycles. The van der Waals surface area contributed by atoms with E-state index in [9.17, 15) is 0 Å². The third kappa shape index (κ3) is 9.00. The molecule has 7 nitrogen and oxygen atoms in total. The Morgan fingerprint density at radius 1 is 1.38 bits per heavy atom. The van der Waals surface area contributed by atoms with Gasteiger partial charge in [-0.1, -0.05) is 17.7 Å². The number of likely N-dealkylation sites (N-methyl/N-ethyl adjacent to an activating group) is 1. The third-order valence-electron chi connectivity index (χ3n) is 4.21. The summed E-state index contributed by atoms with van der Waals surface area (Å²) in [4.78, 5) is 6.79. The lowest BCUT2D eigenvalue weighted by molar-refractivity contribution is 0.281. The molecule has 0 aliphatic heterocycles. The molecule has 0 atom stereocenters. The summed E-state index contributed by atoms with van der Waals surface area (Å²) in [7, 11) is 3.96. The molecule has 1 heterocycles. The zero-order chi connectivity index (χ0) is 20.4. The molecule has 162 valence electrons. The van der Waals surface area contributed by atoms with Gasteiger partial charge in [0, 0.05) is 25.7 Å². The summed E-state index contributed by atoms with van der Waals surface area (Å²) in [5.41, 5.74) is 0. The van der Waals surface area contributed by atoms with Crippen molar-refractivity contribution in [2.24, 2.45) is 12.0 Å². The number of rotatable bonds is 10. The second-order valence-corrected chi connectivity index (χ2v) is 7.78. The summed E-state index contributed by atoms with van der Waals surface area (Å²) < 4.78 is 7.75. The van der Waals surface area contributed by atoms with E-state index >= 15 is 0 Å². The second-order valence-electron chi connectivity index (χ2n) is 6.36. The first-order valence-corrected chi connectivity index (χ1v) is 11.0. The van der Waals surface area contributed by atoms with Crippen molar-refractivity contribution in [2.75, 3.05) is 38.8 Å². The van der Waals surface area contributed by atoms with Gasteiger partial charge in [0.05, 0.1) is 6.54 Å². The van der Waals surface area contributed by atoms with Gasteiger partial charge in [0.25, 0.3) is 0 Å². The topological polar surface area (TPSA) is 67.6 Å². The van der Waals surface area contributed by atoms with Crippen LogP contribution in [0.1, 0.15) is 18.1 Å². The third-order valence-corrected chi connectivity index (χ3v) is 5.15. The Kier molecular flexibility index (Phi) is 12.4. The maximum atomic E-state index is 6.00. The van der Waals surface area contributed by atoms with Gasteiger partial charge in [-0.2, -0.15) is 11.8 Å². The molecule has 29 heavy (non-hydrogen) atoms. The molecule has 1 aromatic heterocycles. The molecule has 0 fully saturated rings. The molecule has 0 radical (unpaired) electrons. The fourth-order valence-electron chi connectivity index (χ4n) is 2.43. The molecule has 0 unspecified atom stereocenters. The smallest absolute Gasteiger partial charge is 0.194 e. The maximum absolute atomic E-state index is 6.00. The molecule has 10 heteroatoms. The van der Waals surface area contributed by atoms with Crippen LogP contribution in [-0.4, -0.2) is 64.4 Å². The second kappa shape index (κ2) is 13.9. The number of nitrogens with one attached hydrogen (secondary N) is 1. The summed E-state index contributed by atoms with van der Waals surface area (Å²) in [6, 6.07) is 7.42. The molecule has 0 bridgehead atoms. The Morgan fingerprint density at radius 3 is 2.83 bits per heavy atom. The summed E-state index contributed by atoms with van der Waals surface area (Å²) in [5.74, 6) is 4.43. The minimum atomic E-state index is 0. The van der Waals surface area contributed by atoms with Crippen LogP contribution in [0.5, 0.6) is 5.75 Å². The van der Waals surface area contributed by atoms with Crippen molar-refractivity contribution in [3.05, 3.63) is 40.9 Å². The van der Waals surface area contributed by atoms with Crippen LogP contribution in [0.25, 0.3) is 0 Å². The van der Waals surface area contributed by atoms with Crippen LogP contribution in [-0.2, 0) is 13.6 Å². The maximum Gasteiger partial charge on any atom is 0.194 e. The number of hydrogen-bond acceptors (Lipinski definition) is 5. The number of ether oxygens (including phenoxy) is 1. The minimum absolute atomic E-state index is 0. The molecule has 1 aromatic carbocycles. The van der Waals surface area contributed by atoms with Crippen molar-refractivity contribution >= 4 is 53.3 Å². The van der Waals surface area contributed by atoms with Crippen molar-refractivity contribution in [3.63, 3.8) is 0 Å². The van der Waals surface area contributed by atoms with E-state index in [2.05, 4.69) is 26.7 Å². The lowest BCUT2D eigenvalue weighted by Gasteiger charge is -2.22. The molecular weight excluding hydrogens is 523 g/mol. The fraction of sp³-hybridized carbons (Fsp3) is 0.526. The van der Waals surface area contributed by atoms with E-state index in [1.54, 1.807) is 0 Å².